The van der Waals surface area contributed by atoms with Crippen molar-refractivity contribution in [2.75, 3.05) is 46.6 Å². The van der Waals surface area contributed by atoms with Gasteiger partial charge in [-0.1, -0.05) is 17.4 Å². The van der Waals surface area contributed by atoms with Crippen LogP contribution >= 0.6 is 36.2 Å². The van der Waals surface area contributed by atoms with Crippen LogP contribution < -0.4 is 5.32 Å². The lowest BCUT2D eigenvalue weighted by atomic mass is 10.2. The van der Waals surface area contributed by atoms with Gasteiger partial charge >= 0.3 is 0 Å². The molecule has 0 bridgehead atoms. The molecule has 1 aromatic carbocycles. The molecular formula is C20H26Cl2N4O5S. The summed E-state index contributed by atoms with van der Waals surface area (Å²) in [6.07, 6.45) is 1.35. The van der Waals surface area contributed by atoms with E-state index in [2.05, 4.69) is 17.4 Å². The summed E-state index contributed by atoms with van der Waals surface area (Å²) in [7, 11) is 1.76. The highest BCUT2D eigenvalue weighted by Crippen LogP contribution is 2.25. The second-order valence-corrected chi connectivity index (χ2v) is 8.35. The number of nitrogens with zero attached hydrogens (tertiary/aromatic N) is 3. The van der Waals surface area contributed by atoms with Crippen LogP contribution in [0.25, 0.3) is 16.0 Å². The highest BCUT2D eigenvalue weighted by atomic mass is 35.5. The third-order valence-electron chi connectivity index (χ3n) is 5.17. The molecule has 0 atom stereocenters. The molecule has 2 aromatic heterocycles. The molecule has 0 unspecified atom stereocenters. The zero-order chi connectivity index (χ0) is 20.5. The summed E-state index contributed by atoms with van der Waals surface area (Å²) in [4.78, 5) is 20.6. The third kappa shape index (κ3) is 5.35. The summed E-state index contributed by atoms with van der Waals surface area (Å²) in [5.41, 5.74) is 3.03. The maximum atomic E-state index is 12.8. The van der Waals surface area contributed by atoms with E-state index < -0.39 is 0 Å². The number of fused-ring (bicyclic) bond motifs is 3. The maximum absolute atomic E-state index is 12.8. The summed E-state index contributed by atoms with van der Waals surface area (Å²) < 4.78 is 23.7. The fourth-order valence-electron chi connectivity index (χ4n) is 3.64. The largest absolute Gasteiger partial charge is 0.349 e. The van der Waals surface area contributed by atoms with Crippen LogP contribution in [-0.2, 0) is 25.5 Å². The van der Waals surface area contributed by atoms with Gasteiger partial charge in [0.1, 0.15) is 4.88 Å². The number of carbonyl (C=O) groups excluding carboxylic acids is 1. The number of rotatable bonds is 7. The van der Waals surface area contributed by atoms with Gasteiger partial charge in [0.05, 0.1) is 44.0 Å². The molecule has 0 saturated carbocycles. The summed E-state index contributed by atoms with van der Waals surface area (Å²) in [5.74, 6) is -0.0603. The molecule has 2 aliphatic heterocycles. The van der Waals surface area contributed by atoms with E-state index in [1.165, 1.54) is 11.3 Å². The molecule has 32 heavy (non-hydrogen) atoms. The van der Waals surface area contributed by atoms with E-state index in [1.54, 1.807) is 11.9 Å². The smallest absolute Gasteiger partial charge is 0.265 e. The number of nitrogens with one attached hydrogen (secondary N) is 1. The minimum atomic E-state index is -0.345. The van der Waals surface area contributed by atoms with Gasteiger partial charge in [-0.05, 0) is 17.7 Å². The highest BCUT2D eigenvalue weighted by molar-refractivity contribution is 7.18. The molecular weight excluding hydrogens is 479 g/mol. The maximum Gasteiger partial charge on any atom is 0.265 e. The molecule has 1 N–H and O–H groups in total. The molecule has 12 heteroatoms. The first-order chi connectivity index (χ1) is 14.7. The van der Waals surface area contributed by atoms with E-state index in [9.17, 15) is 4.79 Å². The van der Waals surface area contributed by atoms with Crippen molar-refractivity contribution in [2.45, 2.75) is 19.1 Å². The van der Waals surface area contributed by atoms with Crippen molar-refractivity contribution in [3.63, 3.8) is 0 Å². The molecule has 176 valence electrons. The van der Waals surface area contributed by atoms with Crippen molar-refractivity contribution in [3.8, 4) is 0 Å². The summed E-state index contributed by atoms with van der Waals surface area (Å²) in [5, 5.41) is 3.35. The van der Waals surface area contributed by atoms with Gasteiger partial charge in [0, 0.05) is 26.3 Å². The Kier molecular flexibility index (Phi) is 8.70. The van der Waals surface area contributed by atoms with Crippen LogP contribution in [0.5, 0.6) is 0 Å². The lowest BCUT2D eigenvalue weighted by Gasteiger charge is -2.19. The lowest BCUT2D eigenvalue weighted by Crippen LogP contribution is -2.34. The van der Waals surface area contributed by atoms with Crippen LogP contribution in [0.4, 0.5) is 0 Å². The van der Waals surface area contributed by atoms with Gasteiger partial charge in [-0.2, -0.15) is 0 Å². The van der Waals surface area contributed by atoms with Crippen LogP contribution in [-0.4, -0.2) is 79.3 Å². The number of hydrogen-bond donors (Lipinski definition) is 1. The average Bonchev–Trinajstić information content (AvgIpc) is 3.52. The average molecular weight is 505 g/mol. The molecule has 0 radical (unpaired) electrons. The van der Waals surface area contributed by atoms with Crippen molar-refractivity contribution in [3.05, 3.63) is 34.8 Å². The van der Waals surface area contributed by atoms with E-state index >= 15 is 0 Å². The fraction of sp³-hybridized carbons (Fsp3) is 0.500. The fourth-order valence-corrected chi connectivity index (χ4v) is 4.63. The van der Waals surface area contributed by atoms with Gasteiger partial charge in [0.25, 0.3) is 5.91 Å². The Morgan fingerprint density at radius 2 is 1.84 bits per heavy atom. The van der Waals surface area contributed by atoms with Crippen LogP contribution in [0, 0.1) is 0 Å². The first-order valence-electron chi connectivity index (χ1n) is 10.0. The third-order valence-corrected chi connectivity index (χ3v) is 6.14. The number of imidazole rings is 1. The monoisotopic (exact) mass is 504 g/mol. The Morgan fingerprint density at radius 1 is 1.16 bits per heavy atom. The van der Waals surface area contributed by atoms with E-state index in [0.717, 1.165) is 21.6 Å². The van der Waals surface area contributed by atoms with Crippen LogP contribution in [0.3, 0.4) is 0 Å². The highest BCUT2D eigenvalue weighted by Gasteiger charge is 2.23. The number of benzene rings is 1. The zero-order valence-electron chi connectivity index (χ0n) is 17.5. The molecule has 2 saturated heterocycles. The topological polar surface area (TPSA) is 86.6 Å². The summed E-state index contributed by atoms with van der Waals surface area (Å²) in [6, 6.07) is 6.18. The van der Waals surface area contributed by atoms with Crippen LogP contribution in [0.1, 0.15) is 15.2 Å². The molecule has 1 amide bonds. The van der Waals surface area contributed by atoms with Gasteiger partial charge in [-0.3, -0.25) is 9.20 Å². The SMILES string of the molecule is CN(CC1OCCO1)C(=O)c1cn2c(nc3cc(CNCC4OCCO4)ccc32)s1.Cl.Cl. The van der Waals surface area contributed by atoms with Gasteiger partial charge in [0.15, 0.2) is 17.5 Å². The number of likely N-dealkylation sites (N-methyl/N-ethyl adjacent to an activating group) is 1. The molecule has 0 spiro atoms. The number of thiazole rings is 1. The predicted molar refractivity (Wildman–Crippen MR) is 125 cm³/mol. The summed E-state index contributed by atoms with van der Waals surface area (Å²) in [6.45, 7) is 4.25. The Balaban J connectivity index is 0.00000144. The first kappa shape index (κ1) is 25.1. The van der Waals surface area contributed by atoms with E-state index in [4.69, 9.17) is 23.9 Å². The Labute approximate surface area is 201 Å². The Bertz CT molecular complexity index is 1050. The molecule has 9 nitrogen and oxygen atoms in total. The normalized spacial score (nSPS) is 17.0. The number of ether oxygens (including phenoxy) is 4. The van der Waals surface area contributed by atoms with E-state index in [-0.39, 0.29) is 43.3 Å². The van der Waals surface area contributed by atoms with Crippen molar-refractivity contribution in [1.29, 1.82) is 0 Å². The van der Waals surface area contributed by atoms with Crippen LogP contribution in [0.15, 0.2) is 24.4 Å². The zero-order valence-corrected chi connectivity index (χ0v) is 20.0. The Hall–Kier alpha value is -1.50. The molecule has 0 aliphatic carbocycles. The number of halogens is 2. The number of hydrogen-bond acceptors (Lipinski definition) is 8. The minimum Gasteiger partial charge on any atom is -0.349 e. The van der Waals surface area contributed by atoms with Gasteiger partial charge < -0.3 is 29.2 Å². The van der Waals surface area contributed by atoms with Crippen molar-refractivity contribution in [2.24, 2.45) is 0 Å². The summed E-state index contributed by atoms with van der Waals surface area (Å²) >= 11 is 1.39. The molecule has 4 heterocycles. The standard InChI is InChI=1S/C20H24N4O5S.2ClH/c1-23(12-18-28-6-7-29-18)19(25)16-11-24-15-3-2-13(8-14(15)22-20(24)30-16)9-21-10-17-26-4-5-27-17;;/h2-3,8,11,17-18,21H,4-7,9-10,12H2,1H3;2*1H. The second kappa shape index (κ2) is 11.1. The predicted octanol–water partition coefficient (Wildman–Crippen LogP) is 2.30. The lowest BCUT2D eigenvalue weighted by molar-refractivity contribution is -0.0542. The molecule has 2 fully saturated rings. The molecule has 3 aromatic rings. The van der Waals surface area contributed by atoms with Crippen LogP contribution in [0.2, 0.25) is 0 Å². The number of carbonyl (C=O) groups is 1. The second-order valence-electron chi connectivity index (χ2n) is 7.34. The number of amides is 1. The number of aromatic nitrogens is 2. The Morgan fingerprint density at radius 3 is 2.56 bits per heavy atom. The van der Waals surface area contributed by atoms with Gasteiger partial charge in [-0.15, -0.1) is 24.8 Å². The van der Waals surface area contributed by atoms with Crippen molar-refractivity contribution >= 4 is 58.1 Å². The van der Waals surface area contributed by atoms with E-state index in [0.29, 0.717) is 50.9 Å². The first-order valence-corrected chi connectivity index (χ1v) is 10.8. The molecule has 5 rings (SSSR count). The minimum absolute atomic E-state index is 0. The van der Waals surface area contributed by atoms with E-state index in [1.807, 2.05) is 16.7 Å². The van der Waals surface area contributed by atoms with Gasteiger partial charge in [-0.25, -0.2) is 4.98 Å². The molecule has 2 aliphatic rings. The quantitative estimate of drug-likeness (QED) is 0.528. The van der Waals surface area contributed by atoms with Crippen molar-refractivity contribution < 1.29 is 23.7 Å². The van der Waals surface area contributed by atoms with Crippen molar-refractivity contribution in [1.82, 2.24) is 19.6 Å². The van der Waals surface area contributed by atoms with Gasteiger partial charge in [0.2, 0.25) is 0 Å².